The standard InChI is InChI=1S/C12H16N2S/c1-8-5-6-9-10(7-8)14(11(15)13-9)12(2,3)4/h5-7H,1-4H3,(H,13,15). The number of aryl methyl sites for hydroxylation is 1. The molecule has 0 saturated heterocycles. The van der Waals surface area contributed by atoms with Gasteiger partial charge in [-0.05, 0) is 57.6 Å². The van der Waals surface area contributed by atoms with Crippen molar-refractivity contribution in [3.05, 3.63) is 28.5 Å². The number of aromatic amines is 1. The van der Waals surface area contributed by atoms with E-state index in [1.165, 1.54) is 11.1 Å². The second-order valence-corrected chi connectivity index (χ2v) is 5.34. The number of aromatic nitrogens is 2. The molecule has 0 aliphatic heterocycles. The molecule has 0 spiro atoms. The van der Waals surface area contributed by atoms with Gasteiger partial charge >= 0.3 is 0 Å². The largest absolute Gasteiger partial charge is 0.331 e. The van der Waals surface area contributed by atoms with Gasteiger partial charge in [0.25, 0.3) is 0 Å². The fraction of sp³-hybridized carbons (Fsp3) is 0.417. The lowest BCUT2D eigenvalue weighted by atomic mass is 10.1. The molecule has 0 aliphatic rings. The Hall–Kier alpha value is -1.09. The van der Waals surface area contributed by atoms with E-state index in [2.05, 4.69) is 55.4 Å². The van der Waals surface area contributed by atoms with Crippen LogP contribution in [0.15, 0.2) is 18.2 Å². The molecule has 1 aromatic carbocycles. The molecule has 0 fully saturated rings. The van der Waals surface area contributed by atoms with Crippen molar-refractivity contribution >= 4 is 23.3 Å². The summed E-state index contributed by atoms with van der Waals surface area (Å²) < 4.78 is 2.97. The van der Waals surface area contributed by atoms with Crippen molar-refractivity contribution in [2.75, 3.05) is 0 Å². The average molecular weight is 220 g/mol. The number of nitrogens with zero attached hydrogens (tertiary/aromatic N) is 1. The van der Waals surface area contributed by atoms with Crippen LogP contribution in [0.25, 0.3) is 11.0 Å². The molecule has 2 rings (SSSR count). The number of rotatable bonds is 0. The van der Waals surface area contributed by atoms with Crippen LogP contribution in [-0.4, -0.2) is 9.55 Å². The summed E-state index contributed by atoms with van der Waals surface area (Å²) in [5.41, 5.74) is 3.57. The van der Waals surface area contributed by atoms with E-state index in [4.69, 9.17) is 12.2 Å². The lowest BCUT2D eigenvalue weighted by Gasteiger charge is -2.21. The zero-order valence-corrected chi connectivity index (χ0v) is 10.4. The molecular weight excluding hydrogens is 204 g/mol. The number of nitrogens with one attached hydrogen (secondary N) is 1. The van der Waals surface area contributed by atoms with Gasteiger partial charge in [-0.1, -0.05) is 6.07 Å². The monoisotopic (exact) mass is 220 g/mol. The van der Waals surface area contributed by atoms with Crippen LogP contribution in [0.2, 0.25) is 0 Å². The van der Waals surface area contributed by atoms with Gasteiger partial charge < -0.3 is 9.55 Å². The van der Waals surface area contributed by atoms with Crippen LogP contribution in [-0.2, 0) is 5.54 Å². The van der Waals surface area contributed by atoms with E-state index in [9.17, 15) is 0 Å². The van der Waals surface area contributed by atoms with Crippen LogP contribution in [0.5, 0.6) is 0 Å². The second-order valence-electron chi connectivity index (χ2n) is 4.96. The highest BCUT2D eigenvalue weighted by Crippen LogP contribution is 2.23. The number of hydrogen-bond acceptors (Lipinski definition) is 1. The first kappa shape index (κ1) is 10.4. The van der Waals surface area contributed by atoms with Crippen LogP contribution in [0.4, 0.5) is 0 Å². The third kappa shape index (κ3) is 1.72. The van der Waals surface area contributed by atoms with Gasteiger partial charge in [0.15, 0.2) is 4.77 Å². The van der Waals surface area contributed by atoms with E-state index in [0.29, 0.717) is 0 Å². The molecule has 1 heterocycles. The molecule has 80 valence electrons. The maximum atomic E-state index is 5.35. The van der Waals surface area contributed by atoms with Crippen molar-refractivity contribution in [1.29, 1.82) is 0 Å². The quantitative estimate of drug-likeness (QED) is 0.670. The molecule has 0 radical (unpaired) electrons. The Labute approximate surface area is 94.9 Å². The highest BCUT2D eigenvalue weighted by Gasteiger charge is 2.17. The van der Waals surface area contributed by atoms with E-state index >= 15 is 0 Å². The van der Waals surface area contributed by atoms with Crippen molar-refractivity contribution in [1.82, 2.24) is 9.55 Å². The molecule has 0 bridgehead atoms. The minimum atomic E-state index is 0.0170. The van der Waals surface area contributed by atoms with Gasteiger partial charge in [0.05, 0.1) is 11.0 Å². The lowest BCUT2D eigenvalue weighted by molar-refractivity contribution is 0.404. The van der Waals surface area contributed by atoms with Gasteiger partial charge in [-0.15, -0.1) is 0 Å². The fourth-order valence-electron chi connectivity index (χ4n) is 1.88. The summed E-state index contributed by atoms with van der Waals surface area (Å²) in [4.78, 5) is 3.24. The number of fused-ring (bicyclic) bond motifs is 1. The number of benzene rings is 1. The molecule has 0 amide bonds. The topological polar surface area (TPSA) is 20.7 Å². The van der Waals surface area contributed by atoms with Gasteiger partial charge in [0.1, 0.15) is 0 Å². The SMILES string of the molecule is Cc1ccc2[nH]c(=S)n(C(C)(C)C)c2c1. The summed E-state index contributed by atoms with van der Waals surface area (Å²) in [5, 5.41) is 0. The molecule has 0 aliphatic carbocycles. The van der Waals surface area contributed by atoms with Gasteiger partial charge in [-0.3, -0.25) is 0 Å². The Balaban J connectivity index is 2.89. The second kappa shape index (κ2) is 3.20. The molecule has 1 N–H and O–H groups in total. The van der Waals surface area contributed by atoms with Crippen molar-refractivity contribution in [2.24, 2.45) is 0 Å². The van der Waals surface area contributed by atoms with Gasteiger partial charge in [-0.25, -0.2) is 0 Å². The van der Waals surface area contributed by atoms with Crippen molar-refractivity contribution < 1.29 is 0 Å². The third-order valence-corrected chi connectivity index (χ3v) is 2.79. The minimum Gasteiger partial charge on any atom is -0.331 e. The van der Waals surface area contributed by atoms with E-state index in [1.807, 2.05) is 0 Å². The van der Waals surface area contributed by atoms with Gasteiger partial charge in [0.2, 0.25) is 0 Å². The van der Waals surface area contributed by atoms with Crippen LogP contribution in [0, 0.1) is 11.7 Å². The summed E-state index contributed by atoms with van der Waals surface area (Å²) in [5.74, 6) is 0. The van der Waals surface area contributed by atoms with Crippen molar-refractivity contribution in [3.63, 3.8) is 0 Å². The first-order chi connectivity index (χ1) is 6.89. The summed E-state index contributed by atoms with van der Waals surface area (Å²) in [6.07, 6.45) is 0. The predicted molar refractivity (Wildman–Crippen MR) is 66.9 cm³/mol. The zero-order chi connectivity index (χ0) is 11.2. The van der Waals surface area contributed by atoms with Gasteiger partial charge in [-0.2, -0.15) is 0 Å². The first-order valence-corrected chi connectivity index (χ1v) is 5.52. The Morgan fingerprint density at radius 3 is 2.53 bits per heavy atom. The molecule has 2 aromatic rings. The van der Waals surface area contributed by atoms with Crippen LogP contribution in [0.1, 0.15) is 26.3 Å². The number of H-pyrrole nitrogens is 1. The first-order valence-electron chi connectivity index (χ1n) is 5.11. The minimum absolute atomic E-state index is 0.0170. The maximum Gasteiger partial charge on any atom is 0.178 e. The molecule has 15 heavy (non-hydrogen) atoms. The van der Waals surface area contributed by atoms with E-state index in [0.717, 1.165) is 10.3 Å². The number of hydrogen-bond donors (Lipinski definition) is 1. The van der Waals surface area contributed by atoms with E-state index in [-0.39, 0.29) is 5.54 Å². The van der Waals surface area contributed by atoms with Crippen LogP contribution >= 0.6 is 12.2 Å². The number of imidazole rings is 1. The summed E-state index contributed by atoms with van der Waals surface area (Å²) in [7, 11) is 0. The van der Waals surface area contributed by atoms with Gasteiger partial charge in [0, 0.05) is 5.54 Å². The van der Waals surface area contributed by atoms with Crippen molar-refractivity contribution in [3.8, 4) is 0 Å². The van der Waals surface area contributed by atoms with E-state index < -0.39 is 0 Å². The Morgan fingerprint density at radius 1 is 1.27 bits per heavy atom. The Morgan fingerprint density at radius 2 is 1.93 bits per heavy atom. The molecule has 3 heteroatoms. The van der Waals surface area contributed by atoms with E-state index in [1.54, 1.807) is 0 Å². The fourth-order valence-corrected chi connectivity index (χ4v) is 2.36. The highest BCUT2D eigenvalue weighted by molar-refractivity contribution is 7.71. The molecule has 1 aromatic heterocycles. The normalized spacial score (nSPS) is 12.3. The molecule has 0 unspecified atom stereocenters. The van der Waals surface area contributed by atoms with Crippen molar-refractivity contribution in [2.45, 2.75) is 33.2 Å². The molecule has 0 saturated carbocycles. The summed E-state index contributed by atoms with van der Waals surface area (Å²) in [6.45, 7) is 8.59. The molecule has 2 nitrogen and oxygen atoms in total. The smallest absolute Gasteiger partial charge is 0.178 e. The Bertz CT molecular complexity index is 555. The van der Waals surface area contributed by atoms with Crippen LogP contribution < -0.4 is 0 Å². The highest BCUT2D eigenvalue weighted by atomic mass is 32.1. The average Bonchev–Trinajstić information content (AvgIpc) is 2.38. The molecular formula is C12H16N2S. The third-order valence-electron chi connectivity index (χ3n) is 2.51. The predicted octanol–water partition coefficient (Wildman–Crippen LogP) is 3.76. The zero-order valence-electron chi connectivity index (χ0n) is 9.59. The van der Waals surface area contributed by atoms with Crippen LogP contribution in [0.3, 0.4) is 0 Å². The summed E-state index contributed by atoms with van der Waals surface area (Å²) in [6, 6.07) is 6.36. The Kier molecular flexibility index (Phi) is 2.23. The summed E-state index contributed by atoms with van der Waals surface area (Å²) >= 11 is 5.35. The molecule has 0 atom stereocenters. The maximum absolute atomic E-state index is 5.35. The lowest BCUT2D eigenvalue weighted by Crippen LogP contribution is -2.21.